The fourth-order valence-corrected chi connectivity index (χ4v) is 4.01. The molecule has 0 aliphatic heterocycles. The fourth-order valence-electron chi connectivity index (χ4n) is 2.86. The first kappa shape index (κ1) is 17.8. The molecular formula is C18H23NO5S. The van der Waals surface area contributed by atoms with Crippen molar-refractivity contribution in [1.82, 2.24) is 4.31 Å². The van der Waals surface area contributed by atoms with Crippen LogP contribution in [0.5, 0.6) is 11.5 Å². The third kappa shape index (κ3) is 3.52. The predicted octanol–water partition coefficient (Wildman–Crippen LogP) is 3.24. The number of hydrogen-bond acceptors (Lipinski definition) is 5. The molecule has 6 nitrogen and oxygen atoms in total. The van der Waals surface area contributed by atoms with E-state index >= 15 is 0 Å². The summed E-state index contributed by atoms with van der Waals surface area (Å²) in [6.45, 7) is 2.36. The van der Waals surface area contributed by atoms with Crippen molar-refractivity contribution < 1.29 is 22.3 Å². The number of ether oxygens (including phenoxy) is 2. The highest BCUT2D eigenvalue weighted by Crippen LogP contribution is 2.47. The van der Waals surface area contributed by atoms with Gasteiger partial charge in [0.15, 0.2) is 11.5 Å². The molecule has 1 aliphatic carbocycles. The van der Waals surface area contributed by atoms with E-state index in [9.17, 15) is 8.42 Å². The quantitative estimate of drug-likeness (QED) is 0.753. The Balaban J connectivity index is 1.78. The van der Waals surface area contributed by atoms with Crippen molar-refractivity contribution in [2.75, 3.05) is 21.3 Å². The maximum Gasteiger partial charge on any atom is 0.243 e. The lowest BCUT2D eigenvalue weighted by Crippen LogP contribution is -2.26. The molecule has 0 amide bonds. The number of rotatable bonds is 7. The van der Waals surface area contributed by atoms with Gasteiger partial charge in [-0.15, -0.1) is 0 Å². The molecule has 1 fully saturated rings. The lowest BCUT2D eigenvalue weighted by Gasteiger charge is -2.17. The van der Waals surface area contributed by atoms with Crippen LogP contribution in [0.2, 0.25) is 0 Å². The molecule has 3 rings (SSSR count). The van der Waals surface area contributed by atoms with Crippen LogP contribution in [-0.2, 0) is 16.6 Å². The molecule has 1 aromatic carbocycles. The van der Waals surface area contributed by atoms with E-state index in [1.807, 2.05) is 12.1 Å². The summed E-state index contributed by atoms with van der Waals surface area (Å²) < 4.78 is 43.0. The molecule has 1 saturated carbocycles. The predicted molar refractivity (Wildman–Crippen MR) is 93.4 cm³/mol. The molecular weight excluding hydrogens is 342 g/mol. The van der Waals surface area contributed by atoms with E-state index in [0.717, 1.165) is 12.2 Å². The zero-order chi connectivity index (χ0) is 18.2. The van der Waals surface area contributed by atoms with Crippen LogP contribution in [0.3, 0.4) is 0 Å². The Hall–Kier alpha value is -1.99. The highest BCUT2D eigenvalue weighted by molar-refractivity contribution is 7.89. The minimum atomic E-state index is -3.66. The zero-order valence-corrected chi connectivity index (χ0v) is 15.7. The van der Waals surface area contributed by atoms with Crippen molar-refractivity contribution in [1.29, 1.82) is 0 Å². The third-order valence-corrected chi connectivity index (χ3v) is 6.40. The monoisotopic (exact) mass is 365 g/mol. The lowest BCUT2D eigenvalue weighted by atomic mass is 10.3. The van der Waals surface area contributed by atoms with Gasteiger partial charge >= 0.3 is 0 Å². The van der Waals surface area contributed by atoms with Crippen molar-refractivity contribution in [3.05, 3.63) is 41.9 Å². The minimum absolute atomic E-state index is 0.148. The first-order valence-corrected chi connectivity index (χ1v) is 9.57. The SMILES string of the molecule is COc1ccc(S(=O)(=O)N(C)Cc2ccc([C@H]3C[C@H]3C)o2)cc1OC. The van der Waals surface area contributed by atoms with Gasteiger partial charge in [-0.05, 0) is 36.6 Å². The van der Waals surface area contributed by atoms with Gasteiger partial charge in [0.25, 0.3) is 0 Å². The van der Waals surface area contributed by atoms with Crippen LogP contribution >= 0.6 is 0 Å². The van der Waals surface area contributed by atoms with Gasteiger partial charge in [0.05, 0.1) is 25.7 Å². The van der Waals surface area contributed by atoms with Crippen molar-refractivity contribution >= 4 is 10.0 Å². The topological polar surface area (TPSA) is 69.0 Å². The van der Waals surface area contributed by atoms with Gasteiger partial charge in [-0.25, -0.2) is 8.42 Å². The summed E-state index contributed by atoms with van der Waals surface area (Å²) in [5, 5.41) is 0. The number of nitrogens with zero attached hydrogens (tertiary/aromatic N) is 1. The Kier molecular flexibility index (Phi) is 4.79. The summed E-state index contributed by atoms with van der Waals surface area (Å²) in [7, 11) is 0.853. The van der Waals surface area contributed by atoms with E-state index in [4.69, 9.17) is 13.9 Å². The second-order valence-corrected chi connectivity index (χ2v) is 8.45. The van der Waals surface area contributed by atoms with Crippen LogP contribution in [0.1, 0.15) is 30.8 Å². The molecule has 1 aliphatic rings. The molecule has 0 spiro atoms. The van der Waals surface area contributed by atoms with E-state index in [-0.39, 0.29) is 11.4 Å². The molecule has 0 unspecified atom stereocenters. The fraction of sp³-hybridized carbons (Fsp3) is 0.444. The summed E-state index contributed by atoms with van der Waals surface area (Å²) in [6.07, 6.45) is 1.13. The van der Waals surface area contributed by atoms with Crippen LogP contribution < -0.4 is 9.47 Å². The molecule has 136 valence electrons. The molecule has 0 saturated heterocycles. The molecule has 1 aromatic heterocycles. The maximum absolute atomic E-state index is 12.8. The number of sulfonamides is 1. The van der Waals surface area contributed by atoms with E-state index in [2.05, 4.69) is 6.92 Å². The van der Waals surface area contributed by atoms with E-state index in [1.165, 1.54) is 37.7 Å². The van der Waals surface area contributed by atoms with Gasteiger partial charge in [0.1, 0.15) is 11.5 Å². The first-order chi connectivity index (χ1) is 11.9. The molecule has 0 N–H and O–H groups in total. The smallest absolute Gasteiger partial charge is 0.243 e. The Morgan fingerprint density at radius 2 is 1.84 bits per heavy atom. The second-order valence-electron chi connectivity index (χ2n) is 6.40. The van der Waals surface area contributed by atoms with Crippen LogP contribution in [0.25, 0.3) is 0 Å². The third-order valence-electron chi connectivity index (χ3n) is 4.60. The van der Waals surface area contributed by atoms with Gasteiger partial charge in [-0.3, -0.25) is 0 Å². The van der Waals surface area contributed by atoms with Gasteiger partial charge in [0.2, 0.25) is 10.0 Å². The van der Waals surface area contributed by atoms with E-state index < -0.39 is 10.0 Å². The summed E-state index contributed by atoms with van der Waals surface area (Å²) in [4.78, 5) is 0.148. The van der Waals surface area contributed by atoms with Gasteiger partial charge < -0.3 is 13.9 Å². The van der Waals surface area contributed by atoms with E-state index in [0.29, 0.717) is 29.1 Å². The molecule has 25 heavy (non-hydrogen) atoms. The average Bonchev–Trinajstić information content (AvgIpc) is 3.15. The van der Waals surface area contributed by atoms with Gasteiger partial charge in [-0.2, -0.15) is 4.31 Å². The normalized spacial score (nSPS) is 19.9. The van der Waals surface area contributed by atoms with Crippen LogP contribution in [0.15, 0.2) is 39.6 Å². The summed E-state index contributed by atoms with van der Waals surface area (Å²) >= 11 is 0. The molecule has 7 heteroatoms. The van der Waals surface area contributed by atoms with Crippen LogP contribution in [0, 0.1) is 5.92 Å². The van der Waals surface area contributed by atoms with Crippen LogP contribution in [0.4, 0.5) is 0 Å². The Morgan fingerprint density at radius 1 is 1.16 bits per heavy atom. The molecule has 0 radical (unpaired) electrons. The maximum atomic E-state index is 12.8. The lowest BCUT2D eigenvalue weighted by molar-refractivity contribution is 0.353. The molecule has 0 bridgehead atoms. The van der Waals surface area contributed by atoms with Gasteiger partial charge in [-0.1, -0.05) is 6.92 Å². The Bertz CT molecular complexity index is 858. The number of hydrogen-bond donors (Lipinski definition) is 0. The summed E-state index contributed by atoms with van der Waals surface area (Å²) in [6, 6.07) is 8.34. The molecule has 1 heterocycles. The largest absolute Gasteiger partial charge is 0.493 e. The number of furan rings is 1. The Labute approximate surface area is 148 Å². The Morgan fingerprint density at radius 3 is 2.44 bits per heavy atom. The van der Waals surface area contributed by atoms with E-state index in [1.54, 1.807) is 6.07 Å². The van der Waals surface area contributed by atoms with Crippen molar-refractivity contribution in [2.24, 2.45) is 5.92 Å². The van der Waals surface area contributed by atoms with Crippen molar-refractivity contribution in [2.45, 2.75) is 30.7 Å². The summed E-state index contributed by atoms with van der Waals surface area (Å²) in [5.41, 5.74) is 0. The zero-order valence-electron chi connectivity index (χ0n) is 14.9. The summed E-state index contributed by atoms with van der Waals surface area (Å²) in [5.74, 6) is 3.56. The average molecular weight is 365 g/mol. The van der Waals surface area contributed by atoms with Crippen LogP contribution in [-0.4, -0.2) is 34.0 Å². The molecule has 2 aromatic rings. The highest BCUT2D eigenvalue weighted by atomic mass is 32.2. The number of methoxy groups -OCH3 is 2. The van der Waals surface area contributed by atoms with Crippen molar-refractivity contribution in [3.63, 3.8) is 0 Å². The highest BCUT2D eigenvalue weighted by Gasteiger charge is 2.36. The minimum Gasteiger partial charge on any atom is -0.493 e. The molecule has 2 atom stereocenters. The second kappa shape index (κ2) is 6.72. The standard InChI is InChI=1S/C18H23NO5S/c1-12-9-15(12)16-7-5-13(24-16)11-19(2)25(20,21)14-6-8-17(22-3)18(10-14)23-4/h5-8,10,12,15H,9,11H2,1-4H3/t12-,15+/m1/s1. The first-order valence-electron chi connectivity index (χ1n) is 8.13. The van der Waals surface area contributed by atoms with Gasteiger partial charge in [0, 0.05) is 19.0 Å². The number of benzene rings is 1. The van der Waals surface area contributed by atoms with Crippen molar-refractivity contribution in [3.8, 4) is 11.5 Å².